The van der Waals surface area contributed by atoms with Crippen molar-refractivity contribution in [1.82, 2.24) is 9.78 Å². The van der Waals surface area contributed by atoms with E-state index in [4.69, 9.17) is 4.74 Å². The smallest absolute Gasteiger partial charge is 0.131 e. The molecule has 3 rings (SSSR count). The van der Waals surface area contributed by atoms with E-state index < -0.39 is 11.6 Å². The molecule has 2 heterocycles. The number of rotatable bonds is 5. The van der Waals surface area contributed by atoms with Gasteiger partial charge in [0.2, 0.25) is 0 Å². The first kappa shape index (κ1) is 14.0. The number of benzene rings is 1. The van der Waals surface area contributed by atoms with Crippen LogP contribution in [0, 0.1) is 11.6 Å². The highest BCUT2D eigenvalue weighted by Crippen LogP contribution is 2.16. The van der Waals surface area contributed by atoms with E-state index in [2.05, 4.69) is 10.4 Å². The van der Waals surface area contributed by atoms with Gasteiger partial charge in [-0.15, -0.1) is 0 Å². The van der Waals surface area contributed by atoms with Crippen LogP contribution in [-0.2, 0) is 17.8 Å². The average molecular weight is 293 g/mol. The van der Waals surface area contributed by atoms with E-state index in [9.17, 15) is 8.78 Å². The monoisotopic (exact) mass is 293 g/mol. The van der Waals surface area contributed by atoms with Crippen LogP contribution in [0.25, 0.3) is 0 Å². The number of hydrogen-bond donors (Lipinski definition) is 1. The molecule has 0 spiro atoms. The van der Waals surface area contributed by atoms with Crippen molar-refractivity contribution in [3.63, 3.8) is 0 Å². The second-order valence-corrected chi connectivity index (χ2v) is 5.18. The molecule has 1 aromatic heterocycles. The van der Waals surface area contributed by atoms with Crippen LogP contribution in [0.1, 0.15) is 18.4 Å². The fourth-order valence-electron chi connectivity index (χ4n) is 2.41. The Morgan fingerprint density at radius 1 is 1.38 bits per heavy atom. The molecule has 1 aliphatic rings. The first-order valence-electron chi connectivity index (χ1n) is 7.02. The second-order valence-electron chi connectivity index (χ2n) is 5.18. The zero-order valence-electron chi connectivity index (χ0n) is 11.6. The number of aromatic nitrogens is 2. The van der Waals surface area contributed by atoms with E-state index in [1.807, 2.05) is 10.9 Å². The van der Waals surface area contributed by atoms with Crippen molar-refractivity contribution >= 4 is 5.69 Å². The van der Waals surface area contributed by atoms with E-state index in [-0.39, 0.29) is 12.6 Å². The van der Waals surface area contributed by atoms with Crippen molar-refractivity contribution in [3.8, 4) is 0 Å². The summed E-state index contributed by atoms with van der Waals surface area (Å²) < 4.78 is 33.7. The Kier molecular flexibility index (Phi) is 4.15. The topological polar surface area (TPSA) is 39.1 Å². The number of nitrogens with zero attached hydrogens (tertiary/aromatic N) is 2. The number of nitrogens with one attached hydrogen (secondary N) is 1. The minimum absolute atomic E-state index is 0.229. The lowest BCUT2D eigenvalue weighted by Gasteiger charge is -2.08. The van der Waals surface area contributed by atoms with Crippen molar-refractivity contribution in [2.45, 2.75) is 32.0 Å². The minimum atomic E-state index is -0.569. The largest absolute Gasteiger partial charge is 0.378 e. The van der Waals surface area contributed by atoms with E-state index in [1.54, 1.807) is 6.20 Å². The van der Waals surface area contributed by atoms with Crippen LogP contribution in [0.3, 0.4) is 0 Å². The van der Waals surface area contributed by atoms with Crippen LogP contribution in [0.4, 0.5) is 14.5 Å². The van der Waals surface area contributed by atoms with Gasteiger partial charge in [-0.1, -0.05) is 6.07 Å². The van der Waals surface area contributed by atoms with Crippen molar-refractivity contribution in [1.29, 1.82) is 0 Å². The lowest BCUT2D eigenvalue weighted by Crippen LogP contribution is -2.15. The molecule has 0 saturated carbocycles. The van der Waals surface area contributed by atoms with Gasteiger partial charge < -0.3 is 10.1 Å². The van der Waals surface area contributed by atoms with E-state index in [0.717, 1.165) is 37.7 Å². The van der Waals surface area contributed by atoms with Crippen molar-refractivity contribution in [3.05, 3.63) is 47.8 Å². The van der Waals surface area contributed by atoms with Gasteiger partial charge >= 0.3 is 0 Å². The summed E-state index contributed by atoms with van der Waals surface area (Å²) in [5, 5.41) is 7.33. The van der Waals surface area contributed by atoms with Gasteiger partial charge in [-0.05, 0) is 18.9 Å². The van der Waals surface area contributed by atoms with Crippen LogP contribution in [0.2, 0.25) is 0 Å². The summed E-state index contributed by atoms with van der Waals surface area (Å²) in [6.45, 7) is 1.84. The highest BCUT2D eigenvalue weighted by atomic mass is 19.1. The van der Waals surface area contributed by atoms with Gasteiger partial charge in [0.05, 0.1) is 24.5 Å². The Morgan fingerprint density at radius 3 is 3.05 bits per heavy atom. The van der Waals surface area contributed by atoms with Gasteiger partial charge in [-0.3, -0.25) is 4.68 Å². The van der Waals surface area contributed by atoms with Crippen LogP contribution >= 0.6 is 0 Å². The number of ether oxygens (including phenoxy) is 1. The molecule has 21 heavy (non-hydrogen) atoms. The Balaban J connectivity index is 1.56. The first-order valence-corrected chi connectivity index (χ1v) is 7.02. The SMILES string of the molecule is Fc1ccc(CNc2cnn(CC3CCCO3)c2)c(F)c1. The molecule has 6 heteroatoms. The third-order valence-corrected chi connectivity index (χ3v) is 3.55. The van der Waals surface area contributed by atoms with E-state index in [0.29, 0.717) is 5.56 Å². The highest BCUT2D eigenvalue weighted by Gasteiger charge is 2.16. The lowest BCUT2D eigenvalue weighted by molar-refractivity contribution is 0.0940. The fraction of sp³-hybridized carbons (Fsp3) is 0.400. The standard InChI is InChI=1S/C15H17F2N3O/c16-12-4-3-11(15(17)6-12)7-18-13-8-19-20(9-13)10-14-2-1-5-21-14/h3-4,6,8-9,14,18H,1-2,5,7,10H2. The van der Waals surface area contributed by atoms with Gasteiger partial charge in [0, 0.05) is 31.0 Å². The maximum absolute atomic E-state index is 13.5. The molecule has 1 aliphatic heterocycles. The summed E-state index contributed by atoms with van der Waals surface area (Å²) in [4.78, 5) is 0. The fourth-order valence-corrected chi connectivity index (χ4v) is 2.41. The molecule has 0 radical (unpaired) electrons. The zero-order chi connectivity index (χ0) is 14.7. The van der Waals surface area contributed by atoms with Crippen LogP contribution in [0.15, 0.2) is 30.6 Å². The number of halogens is 2. The summed E-state index contributed by atoms with van der Waals surface area (Å²) in [6, 6.07) is 3.58. The predicted molar refractivity (Wildman–Crippen MR) is 74.9 cm³/mol. The van der Waals surface area contributed by atoms with Crippen molar-refractivity contribution < 1.29 is 13.5 Å². The Morgan fingerprint density at radius 2 is 2.29 bits per heavy atom. The molecule has 0 bridgehead atoms. The lowest BCUT2D eigenvalue weighted by atomic mass is 10.2. The first-order chi connectivity index (χ1) is 10.2. The van der Waals surface area contributed by atoms with Crippen LogP contribution < -0.4 is 5.32 Å². The summed E-state index contributed by atoms with van der Waals surface area (Å²) >= 11 is 0. The summed E-state index contributed by atoms with van der Waals surface area (Å²) in [7, 11) is 0. The molecule has 0 amide bonds. The van der Waals surface area contributed by atoms with E-state index >= 15 is 0 Å². The second kappa shape index (κ2) is 6.22. The summed E-state index contributed by atoms with van der Waals surface area (Å²) in [6.07, 6.45) is 5.94. The Bertz CT molecular complexity index is 609. The highest BCUT2D eigenvalue weighted by molar-refractivity contribution is 5.39. The molecule has 1 saturated heterocycles. The molecule has 4 nitrogen and oxygen atoms in total. The molecule has 1 atom stereocenters. The van der Waals surface area contributed by atoms with Crippen LogP contribution in [-0.4, -0.2) is 22.5 Å². The van der Waals surface area contributed by atoms with Gasteiger partial charge in [-0.25, -0.2) is 8.78 Å². The molecular weight excluding hydrogens is 276 g/mol. The predicted octanol–water partition coefficient (Wildman–Crippen LogP) is 2.95. The average Bonchev–Trinajstić information content (AvgIpc) is 3.10. The zero-order valence-corrected chi connectivity index (χ0v) is 11.6. The molecule has 0 aliphatic carbocycles. The van der Waals surface area contributed by atoms with Gasteiger partial charge in [-0.2, -0.15) is 5.10 Å². The van der Waals surface area contributed by atoms with Crippen molar-refractivity contribution in [2.24, 2.45) is 0 Å². The normalized spacial score (nSPS) is 18.1. The molecule has 1 N–H and O–H groups in total. The molecule has 2 aromatic rings. The Labute approximate surface area is 121 Å². The number of hydrogen-bond acceptors (Lipinski definition) is 3. The molecule has 1 aromatic carbocycles. The minimum Gasteiger partial charge on any atom is -0.378 e. The number of anilines is 1. The molecule has 1 fully saturated rings. The van der Waals surface area contributed by atoms with Gasteiger partial charge in [0.1, 0.15) is 11.6 Å². The Hall–Kier alpha value is -1.95. The third-order valence-electron chi connectivity index (χ3n) is 3.55. The summed E-state index contributed by atoms with van der Waals surface area (Å²) in [5.41, 5.74) is 1.22. The maximum atomic E-state index is 13.5. The van der Waals surface area contributed by atoms with Crippen molar-refractivity contribution in [2.75, 3.05) is 11.9 Å². The van der Waals surface area contributed by atoms with Gasteiger partial charge in [0.25, 0.3) is 0 Å². The molecular formula is C15H17F2N3O. The van der Waals surface area contributed by atoms with Crippen LogP contribution in [0.5, 0.6) is 0 Å². The molecule has 1 unspecified atom stereocenters. The summed E-state index contributed by atoms with van der Waals surface area (Å²) in [5.74, 6) is -1.12. The van der Waals surface area contributed by atoms with Gasteiger partial charge in [0.15, 0.2) is 0 Å². The molecule has 112 valence electrons. The van der Waals surface area contributed by atoms with E-state index in [1.165, 1.54) is 12.1 Å². The third kappa shape index (κ3) is 3.58. The quantitative estimate of drug-likeness (QED) is 0.921. The maximum Gasteiger partial charge on any atom is 0.131 e.